The lowest BCUT2D eigenvalue weighted by Crippen LogP contribution is -1.97. The van der Waals surface area contributed by atoms with E-state index in [0.29, 0.717) is 11.6 Å². The van der Waals surface area contributed by atoms with Crippen molar-refractivity contribution in [3.63, 3.8) is 0 Å². The number of hydrogen-bond donors (Lipinski definition) is 1. The zero-order valence-corrected chi connectivity index (χ0v) is 9.02. The summed E-state index contributed by atoms with van der Waals surface area (Å²) in [6.45, 7) is 3.82. The summed E-state index contributed by atoms with van der Waals surface area (Å²) in [5.41, 5.74) is 8.37. The van der Waals surface area contributed by atoms with Crippen LogP contribution in [0.25, 0.3) is 11.4 Å². The molecule has 15 heavy (non-hydrogen) atoms. The molecule has 0 saturated heterocycles. The molecule has 0 aliphatic rings. The Bertz CT molecular complexity index is 480. The molecule has 0 unspecified atom stereocenters. The summed E-state index contributed by atoms with van der Waals surface area (Å²) in [6.07, 6.45) is 1.89. The zero-order chi connectivity index (χ0) is 11.0. The molecule has 0 amide bonds. The third-order valence-electron chi connectivity index (χ3n) is 2.13. The molecule has 0 aromatic carbocycles. The molecule has 0 fully saturated rings. The molecular weight excluding hydrogens is 190 g/mol. The molecule has 5 nitrogen and oxygen atoms in total. The maximum atomic E-state index is 5.68. The number of aromatic nitrogens is 4. The first kappa shape index (κ1) is 9.64. The second-order valence-electron chi connectivity index (χ2n) is 3.56. The van der Waals surface area contributed by atoms with Crippen LogP contribution < -0.4 is 5.73 Å². The number of aryl methyl sites for hydroxylation is 3. The minimum Gasteiger partial charge on any atom is -0.384 e. The van der Waals surface area contributed by atoms with Gasteiger partial charge >= 0.3 is 0 Å². The fourth-order valence-corrected chi connectivity index (χ4v) is 1.53. The van der Waals surface area contributed by atoms with Crippen molar-refractivity contribution in [2.45, 2.75) is 13.8 Å². The summed E-state index contributed by atoms with van der Waals surface area (Å²) >= 11 is 0. The molecule has 0 aliphatic heterocycles. The average molecular weight is 203 g/mol. The van der Waals surface area contributed by atoms with Gasteiger partial charge in [0.1, 0.15) is 5.82 Å². The largest absolute Gasteiger partial charge is 0.384 e. The number of nitrogens with two attached hydrogens (primary N) is 1. The smallest absolute Gasteiger partial charge is 0.165 e. The van der Waals surface area contributed by atoms with Crippen LogP contribution in [-0.4, -0.2) is 19.7 Å². The Labute approximate surface area is 88.0 Å². The Morgan fingerprint density at radius 1 is 1.27 bits per heavy atom. The summed E-state index contributed by atoms with van der Waals surface area (Å²) in [5, 5.41) is 4.24. The number of rotatable bonds is 1. The van der Waals surface area contributed by atoms with Crippen molar-refractivity contribution in [3.8, 4) is 11.4 Å². The van der Waals surface area contributed by atoms with Gasteiger partial charge in [-0.25, -0.2) is 9.97 Å². The Morgan fingerprint density at radius 3 is 2.53 bits per heavy atom. The molecule has 0 bridgehead atoms. The van der Waals surface area contributed by atoms with Gasteiger partial charge in [0.05, 0.1) is 11.3 Å². The highest BCUT2D eigenvalue weighted by Crippen LogP contribution is 2.19. The highest BCUT2D eigenvalue weighted by molar-refractivity contribution is 5.58. The summed E-state index contributed by atoms with van der Waals surface area (Å²) < 4.78 is 1.74. The number of nitrogens with zero attached hydrogens (tertiary/aromatic N) is 4. The van der Waals surface area contributed by atoms with E-state index in [1.807, 2.05) is 27.1 Å². The van der Waals surface area contributed by atoms with Crippen LogP contribution in [0.5, 0.6) is 0 Å². The molecule has 5 heteroatoms. The molecule has 2 heterocycles. The van der Waals surface area contributed by atoms with Crippen LogP contribution in [0, 0.1) is 13.8 Å². The van der Waals surface area contributed by atoms with Crippen LogP contribution in [0.1, 0.15) is 11.4 Å². The van der Waals surface area contributed by atoms with Gasteiger partial charge in [-0.3, -0.25) is 4.68 Å². The first-order chi connectivity index (χ1) is 7.06. The molecule has 2 rings (SSSR count). The zero-order valence-electron chi connectivity index (χ0n) is 9.02. The predicted molar refractivity (Wildman–Crippen MR) is 58.1 cm³/mol. The van der Waals surface area contributed by atoms with Crippen molar-refractivity contribution < 1.29 is 0 Å². The van der Waals surface area contributed by atoms with Crippen LogP contribution in [0.4, 0.5) is 5.82 Å². The molecule has 2 N–H and O–H groups in total. The maximum absolute atomic E-state index is 5.68. The lowest BCUT2D eigenvalue weighted by atomic mass is 10.2. The third kappa shape index (κ3) is 1.81. The van der Waals surface area contributed by atoms with E-state index < -0.39 is 0 Å². The van der Waals surface area contributed by atoms with Crippen LogP contribution in [-0.2, 0) is 7.05 Å². The van der Waals surface area contributed by atoms with E-state index in [4.69, 9.17) is 5.73 Å². The lowest BCUT2D eigenvalue weighted by molar-refractivity contribution is 0.756. The third-order valence-corrected chi connectivity index (χ3v) is 2.13. The minimum atomic E-state index is 0.487. The van der Waals surface area contributed by atoms with E-state index in [1.165, 1.54) is 0 Å². The highest BCUT2D eigenvalue weighted by Gasteiger charge is 2.09. The summed E-state index contributed by atoms with van der Waals surface area (Å²) in [4.78, 5) is 8.53. The van der Waals surface area contributed by atoms with E-state index >= 15 is 0 Å². The molecule has 0 atom stereocenters. The monoisotopic (exact) mass is 203 g/mol. The highest BCUT2D eigenvalue weighted by atomic mass is 15.3. The predicted octanol–water partition coefficient (Wildman–Crippen LogP) is 1.08. The first-order valence-electron chi connectivity index (χ1n) is 4.68. The Balaban J connectivity index is 2.58. The average Bonchev–Trinajstić information content (AvgIpc) is 2.43. The molecular formula is C10H13N5. The van der Waals surface area contributed by atoms with Gasteiger partial charge in [-0.1, -0.05) is 0 Å². The van der Waals surface area contributed by atoms with Gasteiger partial charge in [0.2, 0.25) is 0 Å². The van der Waals surface area contributed by atoms with Crippen molar-refractivity contribution in [2.24, 2.45) is 7.05 Å². The molecule has 0 spiro atoms. The number of hydrogen-bond acceptors (Lipinski definition) is 4. The molecule has 0 saturated carbocycles. The normalized spacial score (nSPS) is 10.6. The van der Waals surface area contributed by atoms with Crippen LogP contribution >= 0.6 is 0 Å². The number of nitrogen functional groups attached to an aromatic ring is 1. The summed E-state index contributed by atoms with van der Waals surface area (Å²) in [5.74, 6) is 1.12. The van der Waals surface area contributed by atoms with Crippen LogP contribution in [0.15, 0.2) is 12.3 Å². The van der Waals surface area contributed by atoms with Crippen molar-refractivity contribution in [1.29, 1.82) is 0 Å². The van der Waals surface area contributed by atoms with Crippen molar-refractivity contribution in [1.82, 2.24) is 19.7 Å². The van der Waals surface area contributed by atoms with Crippen molar-refractivity contribution in [2.75, 3.05) is 5.73 Å². The van der Waals surface area contributed by atoms with E-state index in [1.54, 1.807) is 10.7 Å². The van der Waals surface area contributed by atoms with Gasteiger partial charge in [-0.2, -0.15) is 5.10 Å². The molecule has 0 aliphatic carbocycles. The second-order valence-corrected chi connectivity index (χ2v) is 3.56. The first-order valence-corrected chi connectivity index (χ1v) is 4.68. The van der Waals surface area contributed by atoms with Crippen LogP contribution in [0.3, 0.4) is 0 Å². The van der Waals surface area contributed by atoms with Gasteiger partial charge < -0.3 is 5.73 Å². The van der Waals surface area contributed by atoms with Crippen molar-refractivity contribution in [3.05, 3.63) is 23.7 Å². The Hall–Kier alpha value is -1.91. The van der Waals surface area contributed by atoms with E-state index in [0.717, 1.165) is 17.0 Å². The van der Waals surface area contributed by atoms with Crippen molar-refractivity contribution >= 4 is 5.82 Å². The second kappa shape index (κ2) is 3.34. The van der Waals surface area contributed by atoms with Gasteiger partial charge in [0, 0.05) is 25.0 Å². The maximum Gasteiger partial charge on any atom is 0.165 e. The summed E-state index contributed by atoms with van der Waals surface area (Å²) in [6, 6.07) is 1.75. The fourth-order valence-electron chi connectivity index (χ4n) is 1.53. The Kier molecular flexibility index (Phi) is 2.15. The van der Waals surface area contributed by atoms with Gasteiger partial charge in [0.25, 0.3) is 0 Å². The van der Waals surface area contributed by atoms with Gasteiger partial charge in [0.15, 0.2) is 5.82 Å². The van der Waals surface area contributed by atoms with E-state index in [2.05, 4.69) is 15.1 Å². The quantitative estimate of drug-likeness (QED) is 0.752. The topological polar surface area (TPSA) is 69.6 Å². The number of anilines is 1. The van der Waals surface area contributed by atoms with E-state index in [9.17, 15) is 0 Å². The molecule has 0 radical (unpaired) electrons. The molecule has 78 valence electrons. The standard InChI is InChI=1S/C10H13N5/c1-6-4-9(11)13-10(12-6)8-5-15(3)14-7(8)2/h4-5H,1-3H3,(H2,11,12,13). The van der Waals surface area contributed by atoms with Gasteiger partial charge in [-0.05, 0) is 13.8 Å². The SMILES string of the molecule is Cc1cc(N)nc(-c2cn(C)nc2C)n1. The Morgan fingerprint density at radius 2 is 2.00 bits per heavy atom. The minimum absolute atomic E-state index is 0.487. The summed E-state index contributed by atoms with van der Waals surface area (Å²) in [7, 11) is 1.87. The molecule has 2 aromatic rings. The van der Waals surface area contributed by atoms with Gasteiger partial charge in [-0.15, -0.1) is 0 Å². The van der Waals surface area contributed by atoms with Crippen LogP contribution in [0.2, 0.25) is 0 Å². The lowest BCUT2D eigenvalue weighted by Gasteiger charge is -2.00. The fraction of sp³-hybridized carbons (Fsp3) is 0.300. The molecule has 2 aromatic heterocycles. The van der Waals surface area contributed by atoms with E-state index in [-0.39, 0.29) is 0 Å².